The summed E-state index contributed by atoms with van der Waals surface area (Å²) in [5.74, 6) is -0.208. The number of nitrogens with two attached hydrogens (primary N) is 1. The monoisotopic (exact) mass is 299 g/mol. The Bertz CT molecular complexity index is 607. The topological polar surface area (TPSA) is 35.2 Å². The third-order valence-electron chi connectivity index (χ3n) is 3.29. The molecule has 0 bridgehead atoms. The molecular formula is C15H13F4NO. The van der Waals surface area contributed by atoms with Crippen LogP contribution in [0, 0.1) is 5.82 Å². The van der Waals surface area contributed by atoms with Crippen molar-refractivity contribution < 1.29 is 22.3 Å². The van der Waals surface area contributed by atoms with E-state index in [1.54, 1.807) is 0 Å². The maximum Gasteiger partial charge on any atom is 0.414 e. The van der Waals surface area contributed by atoms with E-state index in [4.69, 9.17) is 10.5 Å². The van der Waals surface area contributed by atoms with Crippen LogP contribution in [0.4, 0.5) is 17.6 Å². The van der Waals surface area contributed by atoms with Crippen molar-refractivity contribution in [1.29, 1.82) is 0 Å². The largest absolute Gasteiger partial charge is 0.497 e. The number of alkyl halides is 3. The first-order valence-electron chi connectivity index (χ1n) is 6.05. The Morgan fingerprint density at radius 3 is 1.67 bits per heavy atom. The first-order chi connectivity index (χ1) is 9.79. The molecule has 2 nitrogen and oxygen atoms in total. The second-order valence-corrected chi connectivity index (χ2v) is 4.54. The molecule has 0 aliphatic heterocycles. The molecule has 112 valence electrons. The third kappa shape index (κ3) is 2.71. The van der Waals surface area contributed by atoms with Gasteiger partial charge in [0.25, 0.3) is 0 Å². The van der Waals surface area contributed by atoms with E-state index in [0.29, 0.717) is 5.75 Å². The molecule has 2 N–H and O–H groups in total. The molecule has 2 aromatic carbocycles. The minimum atomic E-state index is -4.74. The van der Waals surface area contributed by atoms with E-state index in [9.17, 15) is 17.6 Å². The first kappa shape index (κ1) is 15.3. The molecule has 0 saturated heterocycles. The molecular weight excluding hydrogens is 286 g/mol. The predicted molar refractivity (Wildman–Crippen MR) is 70.4 cm³/mol. The number of ether oxygens (including phenoxy) is 1. The average Bonchev–Trinajstić information content (AvgIpc) is 2.46. The van der Waals surface area contributed by atoms with Gasteiger partial charge in [-0.3, -0.25) is 0 Å². The van der Waals surface area contributed by atoms with Gasteiger partial charge >= 0.3 is 6.18 Å². The van der Waals surface area contributed by atoms with Gasteiger partial charge in [-0.1, -0.05) is 24.3 Å². The van der Waals surface area contributed by atoms with Crippen molar-refractivity contribution in [2.24, 2.45) is 5.73 Å². The molecule has 2 aromatic rings. The van der Waals surface area contributed by atoms with Gasteiger partial charge in [-0.2, -0.15) is 13.2 Å². The molecule has 0 spiro atoms. The summed E-state index contributed by atoms with van der Waals surface area (Å²) in [7, 11) is 1.41. The van der Waals surface area contributed by atoms with Gasteiger partial charge in [-0.25, -0.2) is 4.39 Å². The summed E-state index contributed by atoms with van der Waals surface area (Å²) in [4.78, 5) is 0. The highest BCUT2D eigenvalue weighted by Crippen LogP contribution is 2.42. The molecule has 0 amide bonds. The van der Waals surface area contributed by atoms with Crippen LogP contribution >= 0.6 is 0 Å². The highest BCUT2D eigenvalue weighted by atomic mass is 19.4. The second kappa shape index (κ2) is 5.37. The maximum atomic E-state index is 13.5. The first-order valence-corrected chi connectivity index (χ1v) is 6.05. The molecule has 2 rings (SSSR count). The molecule has 6 heteroatoms. The summed E-state index contributed by atoms with van der Waals surface area (Å²) < 4.78 is 58.4. The van der Waals surface area contributed by atoms with Crippen LogP contribution in [0.5, 0.6) is 5.75 Å². The number of hydrogen-bond acceptors (Lipinski definition) is 2. The van der Waals surface area contributed by atoms with Gasteiger partial charge in [0.2, 0.25) is 0 Å². The Labute approximate surface area is 119 Å². The lowest BCUT2D eigenvalue weighted by molar-refractivity contribution is -0.176. The molecule has 0 heterocycles. The highest BCUT2D eigenvalue weighted by Gasteiger charge is 2.54. The van der Waals surface area contributed by atoms with Crippen molar-refractivity contribution in [2.75, 3.05) is 7.11 Å². The van der Waals surface area contributed by atoms with Crippen molar-refractivity contribution in [3.63, 3.8) is 0 Å². The normalized spacial score (nSPS) is 14.6. The van der Waals surface area contributed by atoms with Gasteiger partial charge in [-0.05, 0) is 35.4 Å². The molecule has 0 fully saturated rings. The quantitative estimate of drug-likeness (QED) is 0.879. The Kier molecular flexibility index (Phi) is 3.91. The SMILES string of the molecule is COc1ccc([C@](N)(c2ccc(F)cc2)C(F)(F)F)cc1. The van der Waals surface area contributed by atoms with E-state index in [1.807, 2.05) is 0 Å². The van der Waals surface area contributed by atoms with E-state index < -0.39 is 17.5 Å². The lowest BCUT2D eigenvalue weighted by atomic mass is 9.83. The smallest absolute Gasteiger partial charge is 0.414 e. The Balaban J connectivity index is 2.58. The fourth-order valence-corrected chi connectivity index (χ4v) is 2.06. The van der Waals surface area contributed by atoms with E-state index in [1.165, 1.54) is 31.4 Å². The summed E-state index contributed by atoms with van der Waals surface area (Å²) >= 11 is 0. The van der Waals surface area contributed by atoms with Gasteiger partial charge in [-0.15, -0.1) is 0 Å². The van der Waals surface area contributed by atoms with E-state index in [2.05, 4.69) is 0 Å². The third-order valence-corrected chi connectivity index (χ3v) is 3.29. The van der Waals surface area contributed by atoms with Crippen LogP contribution in [0.1, 0.15) is 11.1 Å². The number of rotatable bonds is 3. The fourth-order valence-electron chi connectivity index (χ4n) is 2.06. The van der Waals surface area contributed by atoms with E-state index in [0.717, 1.165) is 24.3 Å². The van der Waals surface area contributed by atoms with Crippen LogP contribution in [0.25, 0.3) is 0 Å². The van der Waals surface area contributed by atoms with Gasteiger partial charge < -0.3 is 10.5 Å². The lowest BCUT2D eigenvalue weighted by Gasteiger charge is -2.33. The van der Waals surface area contributed by atoms with Crippen LogP contribution in [-0.2, 0) is 5.54 Å². The molecule has 0 aliphatic carbocycles. The lowest BCUT2D eigenvalue weighted by Crippen LogP contribution is -2.51. The van der Waals surface area contributed by atoms with Gasteiger partial charge in [0.05, 0.1) is 7.11 Å². The standard InChI is InChI=1S/C15H13F4NO/c1-21-13-8-4-11(5-9-13)14(20,15(17,18)19)10-2-6-12(16)7-3-10/h2-9H,20H2,1H3/t14-/m1/s1. The van der Waals surface area contributed by atoms with Crippen LogP contribution in [-0.4, -0.2) is 13.3 Å². The van der Waals surface area contributed by atoms with Gasteiger partial charge in [0.1, 0.15) is 11.6 Å². The zero-order valence-corrected chi connectivity index (χ0v) is 11.1. The Hall–Kier alpha value is -2.08. The number of methoxy groups -OCH3 is 1. The molecule has 0 aliphatic rings. The van der Waals surface area contributed by atoms with Crippen LogP contribution in [0.15, 0.2) is 48.5 Å². The predicted octanol–water partition coefficient (Wildman–Crippen LogP) is 3.60. The summed E-state index contributed by atoms with van der Waals surface area (Å²) in [6.45, 7) is 0. The highest BCUT2D eigenvalue weighted by molar-refractivity contribution is 5.42. The van der Waals surface area contributed by atoms with E-state index >= 15 is 0 Å². The van der Waals surface area contributed by atoms with Crippen molar-refractivity contribution in [2.45, 2.75) is 11.7 Å². The average molecular weight is 299 g/mol. The number of benzene rings is 2. The van der Waals surface area contributed by atoms with Gasteiger partial charge in [0, 0.05) is 0 Å². The molecule has 0 aromatic heterocycles. The fraction of sp³-hybridized carbons (Fsp3) is 0.200. The van der Waals surface area contributed by atoms with Crippen molar-refractivity contribution in [3.05, 3.63) is 65.5 Å². The zero-order valence-electron chi connectivity index (χ0n) is 11.1. The summed E-state index contributed by atoms with van der Waals surface area (Å²) in [6, 6.07) is 9.25. The zero-order chi connectivity index (χ0) is 15.7. The van der Waals surface area contributed by atoms with Crippen molar-refractivity contribution in [3.8, 4) is 5.75 Å². The van der Waals surface area contributed by atoms with Crippen molar-refractivity contribution in [1.82, 2.24) is 0 Å². The molecule has 0 radical (unpaired) electrons. The van der Waals surface area contributed by atoms with Gasteiger partial charge in [0.15, 0.2) is 5.54 Å². The van der Waals surface area contributed by atoms with Crippen molar-refractivity contribution >= 4 is 0 Å². The van der Waals surface area contributed by atoms with Crippen LogP contribution < -0.4 is 10.5 Å². The Morgan fingerprint density at radius 2 is 1.29 bits per heavy atom. The minimum Gasteiger partial charge on any atom is -0.497 e. The molecule has 0 unspecified atom stereocenters. The van der Waals surface area contributed by atoms with Crippen LogP contribution in [0.3, 0.4) is 0 Å². The van der Waals surface area contributed by atoms with E-state index in [-0.39, 0.29) is 11.1 Å². The second-order valence-electron chi connectivity index (χ2n) is 4.54. The van der Waals surface area contributed by atoms with Crippen LogP contribution in [0.2, 0.25) is 0 Å². The number of hydrogen-bond donors (Lipinski definition) is 1. The Morgan fingerprint density at radius 1 is 0.857 bits per heavy atom. The summed E-state index contributed by atoms with van der Waals surface area (Å²) in [5.41, 5.74) is 2.57. The number of halogens is 4. The molecule has 21 heavy (non-hydrogen) atoms. The molecule has 1 atom stereocenters. The minimum absolute atomic E-state index is 0.151. The molecule has 0 saturated carbocycles. The summed E-state index contributed by atoms with van der Waals surface area (Å²) in [5, 5.41) is 0. The summed E-state index contributed by atoms with van der Waals surface area (Å²) in [6.07, 6.45) is -4.74. The maximum absolute atomic E-state index is 13.5.